The third kappa shape index (κ3) is 3.25. The van der Waals surface area contributed by atoms with Crippen molar-refractivity contribution < 1.29 is 9.13 Å². The maximum absolute atomic E-state index is 13.9. The number of ether oxygens (including phenoxy) is 1. The van der Waals surface area contributed by atoms with Gasteiger partial charge in [0.1, 0.15) is 10.8 Å². The molecule has 0 radical (unpaired) electrons. The van der Waals surface area contributed by atoms with E-state index in [0.717, 1.165) is 13.1 Å². The zero-order valence-electron chi connectivity index (χ0n) is 10.4. The van der Waals surface area contributed by atoms with Crippen molar-refractivity contribution in [2.24, 2.45) is 5.73 Å². The fourth-order valence-electron chi connectivity index (χ4n) is 2.10. The molecule has 1 aromatic rings. The van der Waals surface area contributed by atoms with Crippen LogP contribution < -0.4 is 5.73 Å². The second kappa shape index (κ2) is 5.73. The van der Waals surface area contributed by atoms with Crippen LogP contribution in [0.1, 0.15) is 18.1 Å². The van der Waals surface area contributed by atoms with Gasteiger partial charge in [-0.3, -0.25) is 4.90 Å². The summed E-state index contributed by atoms with van der Waals surface area (Å²) < 4.78 is 19.3. The highest BCUT2D eigenvalue weighted by Crippen LogP contribution is 2.15. The minimum absolute atomic E-state index is 0.206. The molecule has 0 aliphatic carbocycles. The molecule has 1 aromatic carbocycles. The van der Waals surface area contributed by atoms with Gasteiger partial charge in [-0.05, 0) is 13.0 Å². The van der Waals surface area contributed by atoms with Gasteiger partial charge in [-0.2, -0.15) is 0 Å². The van der Waals surface area contributed by atoms with Crippen LogP contribution in [0.3, 0.4) is 0 Å². The first kappa shape index (κ1) is 13.4. The Kier molecular flexibility index (Phi) is 4.27. The number of hydrogen-bond donors (Lipinski definition) is 1. The van der Waals surface area contributed by atoms with E-state index in [9.17, 15) is 4.39 Å². The Balaban J connectivity index is 2.07. The molecule has 1 aliphatic rings. The fraction of sp³-hybridized carbons (Fsp3) is 0.462. The van der Waals surface area contributed by atoms with Crippen molar-refractivity contribution in [3.8, 4) is 0 Å². The Labute approximate surface area is 112 Å². The average Bonchev–Trinajstić information content (AvgIpc) is 2.31. The summed E-state index contributed by atoms with van der Waals surface area (Å²) in [6.07, 6.45) is 0.206. The van der Waals surface area contributed by atoms with Crippen molar-refractivity contribution in [2.75, 3.05) is 19.7 Å². The van der Waals surface area contributed by atoms with E-state index in [0.29, 0.717) is 24.3 Å². The van der Waals surface area contributed by atoms with Gasteiger partial charge >= 0.3 is 0 Å². The molecule has 18 heavy (non-hydrogen) atoms. The van der Waals surface area contributed by atoms with E-state index in [1.807, 2.05) is 6.92 Å². The Morgan fingerprint density at radius 2 is 2.39 bits per heavy atom. The average molecular weight is 268 g/mol. The molecule has 98 valence electrons. The standard InChI is InChI=1S/C13H17FN2OS/c1-9-7-16(4-5-17-9)8-11-3-2-10(13(15)18)6-12(11)14/h2-3,6,9H,4-5,7-8H2,1H3,(H2,15,18). The van der Waals surface area contributed by atoms with E-state index < -0.39 is 0 Å². The molecule has 1 unspecified atom stereocenters. The fourth-order valence-corrected chi connectivity index (χ4v) is 2.23. The summed E-state index contributed by atoms with van der Waals surface area (Å²) in [7, 11) is 0. The number of benzene rings is 1. The van der Waals surface area contributed by atoms with Crippen molar-refractivity contribution in [1.82, 2.24) is 4.90 Å². The third-order valence-electron chi connectivity index (χ3n) is 3.06. The molecule has 3 nitrogen and oxygen atoms in total. The molecular formula is C13H17FN2OS. The lowest BCUT2D eigenvalue weighted by Crippen LogP contribution is -2.40. The topological polar surface area (TPSA) is 38.5 Å². The van der Waals surface area contributed by atoms with Crippen LogP contribution in [0.5, 0.6) is 0 Å². The molecule has 1 heterocycles. The number of rotatable bonds is 3. The quantitative estimate of drug-likeness (QED) is 0.847. The monoisotopic (exact) mass is 268 g/mol. The number of nitrogens with two attached hydrogens (primary N) is 1. The van der Waals surface area contributed by atoms with E-state index in [-0.39, 0.29) is 16.9 Å². The minimum Gasteiger partial charge on any atom is -0.389 e. The molecule has 0 spiro atoms. The lowest BCUT2D eigenvalue weighted by molar-refractivity contribution is -0.0215. The van der Waals surface area contributed by atoms with Crippen molar-refractivity contribution in [1.29, 1.82) is 0 Å². The lowest BCUT2D eigenvalue weighted by Gasteiger charge is -2.31. The van der Waals surface area contributed by atoms with Gasteiger partial charge in [0.15, 0.2) is 0 Å². The predicted molar refractivity (Wildman–Crippen MR) is 73.0 cm³/mol. The van der Waals surface area contributed by atoms with Crippen LogP contribution in [0.25, 0.3) is 0 Å². The Hall–Kier alpha value is -1.04. The zero-order chi connectivity index (χ0) is 13.1. The van der Waals surface area contributed by atoms with Gasteiger partial charge < -0.3 is 10.5 Å². The van der Waals surface area contributed by atoms with E-state index in [2.05, 4.69) is 4.90 Å². The molecule has 1 aliphatic heterocycles. The lowest BCUT2D eigenvalue weighted by atomic mass is 10.1. The molecule has 0 amide bonds. The smallest absolute Gasteiger partial charge is 0.128 e. The Morgan fingerprint density at radius 1 is 1.61 bits per heavy atom. The second-order valence-corrected chi connectivity index (χ2v) is 5.03. The predicted octanol–water partition coefficient (Wildman–Crippen LogP) is 1.68. The van der Waals surface area contributed by atoms with Gasteiger partial charge in [0, 0.05) is 30.8 Å². The summed E-state index contributed by atoms with van der Waals surface area (Å²) in [5.41, 5.74) is 6.71. The molecule has 2 N–H and O–H groups in total. The summed E-state index contributed by atoms with van der Waals surface area (Å²) in [5, 5.41) is 0. The van der Waals surface area contributed by atoms with Crippen molar-refractivity contribution >= 4 is 17.2 Å². The third-order valence-corrected chi connectivity index (χ3v) is 3.29. The van der Waals surface area contributed by atoms with Crippen LogP contribution in [-0.4, -0.2) is 35.7 Å². The van der Waals surface area contributed by atoms with E-state index in [1.165, 1.54) is 6.07 Å². The number of nitrogens with zero attached hydrogens (tertiary/aromatic N) is 1. The number of thiocarbonyl (C=S) groups is 1. The van der Waals surface area contributed by atoms with Gasteiger partial charge in [-0.25, -0.2) is 4.39 Å². The van der Waals surface area contributed by atoms with Crippen LogP contribution in [0.4, 0.5) is 4.39 Å². The molecule has 1 saturated heterocycles. The first-order valence-corrected chi connectivity index (χ1v) is 6.39. The van der Waals surface area contributed by atoms with Crippen molar-refractivity contribution in [2.45, 2.75) is 19.6 Å². The molecule has 0 saturated carbocycles. The van der Waals surface area contributed by atoms with Crippen LogP contribution in [0.15, 0.2) is 18.2 Å². The van der Waals surface area contributed by atoms with Crippen LogP contribution in [-0.2, 0) is 11.3 Å². The van der Waals surface area contributed by atoms with Crippen LogP contribution >= 0.6 is 12.2 Å². The molecule has 0 bridgehead atoms. The van der Waals surface area contributed by atoms with Crippen LogP contribution in [0.2, 0.25) is 0 Å². The second-order valence-electron chi connectivity index (χ2n) is 4.59. The van der Waals surface area contributed by atoms with Crippen LogP contribution in [0, 0.1) is 5.82 Å². The van der Waals surface area contributed by atoms with E-state index in [1.54, 1.807) is 12.1 Å². The zero-order valence-corrected chi connectivity index (χ0v) is 11.2. The molecule has 2 rings (SSSR count). The Morgan fingerprint density at radius 3 is 3.00 bits per heavy atom. The first-order chi connectivity index (χ1) is 8.56. The van der Waals surface area contributed by atoms with Crippen molar-refractivity contribution in [3.05, 3.63) is 35.1 Å². The molecule has 1 atom stereocenters. The number of hydrogen-bond acceptors (Lipinski definition) is 3. The van der Waals surface area contributed by atoms with Crippen molar-refractivity contribution in [3.63, 3.8) is 0 Å². The van der Waals surface area contributed by atoms with Gasteiger partial charge in [0.25, 0.3) is 0 Å². The van der Waals surface area contributed by atoms with E-state index in [4.69, 9.17) is 22.7 Å². The minimum atomic E-state index is -0.251. The normalized spacial score (nSPS) is 20.9. The molecular weight excluding hydrogens is 251 g/mol. The maximum Gasteiger partial charge on any atom is 0.128 e. The summed E-state index contributed by atoms with van der Waals surface area (Å²) in [4.78, 5) is 2.41. The maximum atomic E-state index is 13.9. The molecule has 0 aromatic heterocycles. The summed E-state index contributed by atoms with van der Waals surface area (Å²) in [6, 6.07) is 4.93. The van der Waals surface area contributed by atoms with Gasteiger partial charge in [-0.15, -0.1) is 0 Å². The highest BCUT2D eigenvalue weighted by molar-refractivity contribution is 7.80. The Bertz CT molecular complexity index is 453. The summed E-state index contributed by atoms with van der Waals surface area (Å²) in [5.74, 6) is -0.251. The van der Waals surface area contributed by atoms with Gasteiger partial charge in [0.2, 0.25) is 0 Å². The summed E-state index contributed by atoms with van der Waals surface area (Å²) in [6.45, 7) is 4.99. The van der Waals surface area contributed by atoms with Gasteiger partial charge in [0.05, 0.1) is 12.7 Å². The van der Waals surface area contributed by atoms with Gasteiger partial charge in [-0.1, -0.05) is 24.4 Å². The SMILES string of the molecule is CC1CN(Cc2ccc(C(N)=S)cc2F)CCO1. The molecule has 1 fully saturated rings. The largest absolute Gasteiger partial charge is 0.389 e. The van der Waals surface area contributed by atoms with E-state index >= 15 is 0 Å². The summed E-state index contributed by atoms with van der Waals surface area (Å²) >= 11 is 4.83. The number of halogens is 1. The number of morpholine rings is 1. The first-order valence-electron chi connectivity index (χ1n) is 5.98. The highest BCUT2D eigenvalue weighted by Gasteiger charge is 2.18. The highest BCUT2D eigenvalue weighted by atomic mass is 32.1. The molecule has 5 heteroatoms.